The van der Waals surface area contributed by atoms with Crippen LogP contribution in [0.4, 0.5) is 17.1 Å². The molecule has 9 aromatic rings. The van der Waals surface area contributed by atoms with E-state index in [2.05, 4.69) is 209 Å². The molecule has 0 N–H and O–H groups in total. The van der Waals surface area contributed by atoms with E-state index < -0.39 is 0 Å². The number of benzene rings is 8. The monoisotopic (exact) mass is 735 g/mol. The molecule has 1 aromatic heterocycles. The average Bonchev–Trinajstić information content (AvgIpc) is 3.81. The van der Waals surface area contributed by atoms with Crippen molar-refractivity contribution in [3.8, 4) is 44.5 Å². The van der Waals surface area contributed by atoms with Crippen molar-refractivity contribution in [3.05, 3.63) is 198 Å². The van der Waals surface area contributed by atoms with Gasteiger partial charge in [-0.15, -0.1) is 11.3 Å². The maximum absolute atomic E-state index is 2.59. The van der Waals surface area contributed by atoms with E-state index in [0.29, 0.717) is 0 Å². The molecule has 0 bridgehead atoms. The summed E-state index contributed by atoms with van der Waals surface area (Å²) in [6.07, 6.45) is 0. The molecule has 0 saturated heterocycles. The minimum absolute atomic E-state index is 0.293. The fourth-order valence-electron chi connectivity index (χ4n) is 10.1. The number of rotatable bonds is 5. The highest BCUT2D eigenvalue weighted by atomic mass is 32.1. The summed E-state index contributed by atoms with van der Waals surface area (Å²) >= 11 is 1.89. The Bertz CT molecular complexity index is 2940. The molecule has 0 aliphatic heterocycles. The predicted molar refractivity (Wildman–Crippen MR) is 240 cm³/mol. The van der Waals surface area contributed by atoms with Crippen LogP contribution in [-0.4, -0.2) is 0 Å². The van der Waals surface area contributed by atoms with Crippen LogP contribution in [0.5, 0.6) is 0 Å². The Morgan fingerprint density at radius 1 is 0.393 bits per heavy atom. The lowest BCUT2D eigenvalue weighted by atomic mass is 9.73. The Kier molecular flexibility index (Phi) is 7.18. The van der Waals surface area contributed by atoms with Gasteiger partial charge in [0.2, 0.25) is 0 Å². The molecule has 0 spiro atoms. The first kappa shape index (κ1) is 33.1. The van der Waals surface area contributed by atoms with Gasteiger partial charge >= 0.3 is 0 Å². The van der Waals surface area contributed by atoms with Crippen LogP contribution in [0.15, 0.2) is 176 Å². The second-order valence-corrected chi connectivity index (χ2v) is 17.5. The molecule has 11 rings (SSSR count). The highest BCUT2D eigenvalue weighted by Gasteiger charge is 2.49. The molecule has 0 unspecified atom stereocenters. The predicted octanol–water partition coefficient (Wildman–Crippen LogP) is 15.5. The van der Waals surface area contributed by atoms with Crippen molar-refractivity contribution in [3.63, 3.8) is 0 Å². The van der Waals surface area contributed by atoms with Crippen molar-refractivity contribution in [1.29, 1.82) is 0 Å². The van der Waals surface area contributed by atoms with E-state index in [9.17, 15) is 0 Å². The average molecular weight is 736 g/mol. The largest absolute Gasteiger partial charge is 0.310 e. The van der Waals surface area contributed by atoms with Gasteiger partial charge in [-0.2, -0.15) is 0 Å². The minimum Gasteiger partial charge on any atom is -0.310 e. The summed E-state index contributed by atoms with van der Waals surface area (Å²) in [5.41, 5.74) is 18.9. The zero-order valence-electron chi connectivity index (χ0n) is 32.1. The highest BCUT2D eigenvalue weighted by molar-refractivity contribution is 7.25. The van der Waals surface area contributed by atoms with E-state index in [4.69, 9.17) is 0 Å². The summed E-state index contributed by atoms with van der Waals surface area (Å²) < 4.78 is 2.66. The van der Waals surface area contributed by atoms with Crippen molar-refractivity contribution in [2.24, 2.45) is 0 Å². The van der Waals surface area contributed by atoms with Gasteiger partial charge < -0.3 is 4.90 Å². The van der Waals surface area contributed by atoms with Crippen LogP contribution >= 0.6 is 11.3 Å². The number of fused-ring (bicyclic) bond motifs is 9. The lowest BCUT2D eigenvalue weighted by Gasteiger charge is -2.38. The summed E-state index contributed by atoms with van der Waals surface area (Å²) in [4.78, 5) is 2.59. The van der Waals surface area contributed by atoms with Gasteiger partial charge in [-0.05, 0) is 109 Å². The van der Waals surface area contributed by atoms with Crippen molar-refractivity contribution in [2.75, 3.05) is 4.90 Å². The van der Waals surface area contributed by atoms with Crippen LogP contribution in [0.2, 0.25) is 0 Å². The van der Waals surface area contributed by atoms with Crippen LogP contribution in [0.25, 0.3) is 64.7 Å². The summed E-state index contributed by atoms with van der Waals surface area (Å²) in [5.74, 6) is 0. The number of thiophene rings is 1. The quantitative estimate of drug-likeness (QED) is 0.170. The molecule has 2 aliphatic carbocycles. The number of hydrogen-bond donors (Lipinski definition) is 0. The summed E-state index contributed by atoms with van der Waals surface area (Å²) in [7, 11) is 0. The third-order valence-corrected chi connectivity index (χ3v) is 13.7. The Balaban J connectivity index is 1.33. The lowest BCUT2D eigenvalue weighted by Crippen LogP contribution is -2.26. The summed E-state index contributed by atoms with van der Waals surface area (Å²) in [5, 5.41) is 2.66. The standard InChI is InChI=1S/C54H41NS/c1-53(2)43-27-14-11-25-40(43)48-47(36-30-31-46-42(33-36)39-24-13-16-29-45(39)56-46)49-41-26-12-15-28-44(41)54(3,4)51(49)52(50(48)53)55(37-21-9-6-10-22-37)38-23-17-20-35(32-38)34-18-7-5-8-19-34/h5-33H,1-4H3. The molecule has 56 heavy (non-hydrogen) atoms. The lowest BCUT2D eigenvalue weighted by molar-refractivity contribution is 0.640. The summed E-state index contributed by atoms with van der Waals surface area (Å²) in [6.45, 7) is 9.80. The van der Waals surface area contributed by atoms with E-state index in [-0.39, 0.29) is 10.8 Å². The molecule has 0 atom stereocenters. The van der Waals surface area contributed by atoms with Crippen LogP contribution in [0, 0.1) is 0 Å². The molecule has 0 saturated carbocycles. The Labute approximate surface area is 333 Å². The van der Waals surface area contributed by atoms with Gasteiger partial charge in [-0.25, -0.2) is 0 Å². The maximum atomic E-state index is 2.59. The second-order valence-electron chi connectivity index (χ2n) is 16.5. The van der Waals surface area contributed by atoms with Gasteiger partial charge in [0.1, 0.15) is 0 Å². The first-order valence-corrected chi connectivity index (χ1v) is 20.5. The molecule has 1 nitrogen and oxygen atoms in total. The number of para-hydroxylation sites is 1. The molecular formula is C54H41NS. The van der Waals surface area contributed by atoms with Gasteiger partial charge in [0.05, 0.1) is 5.69 Å². The fourth-order valence-corrected chi connectivity index (χ4v) is 11.2. The van der Waals surface area contributed by atoms with Gasteiger partial charge in [-0.3, -0.25) is 0 Å². The van der Waals surface area contributed by atoms with Crippen LogP contribution in [0.3, 0.4) is 0 Å². The van der Waals surface area contributed by atoms with E-state index in [1.54, 1.807) is 0 Å². The van der Waals surface area contributed by atoms with E-state index >= 15 is 0 Å². The normalized spacial score (nSPS) is 14.4. The first-order chi connectivity index (χ1) is 27.3. The molecule has 1 heterocycles. The molecule has 2 heteroatoms. The smallest absolute Gasteiger partial charge is 0.0556 e. The van der Waals surface area contributed by atoms with E-state index in [0.717, 1.165) is 11.4 Å². The Morgan fingerprint density at radius 2 is 0.929 bits per heavy atom. The third-order valence-electron chi connectivity index (χ3n) is 12.6. The van der Waals surface area contributed by atoms with Crippen molar-refractivity contribution in [2.45, 2.75) is 38.5 Å². The van der Waals surface area contributed by atoms with Crippen LogP contribution in [0.1, 0.15) is 49.9 Å². The molecule has 8 aromatic carbocycles. The zero-order valence-corrected chi connectivity index (χ0v) is 32.9. The topological polar surface area (TPSA) is 3.24 Å². The first-order valence-electron chi connectivity index (χ1n) is 19.7. The van der Waals surface area contributed by atoms with Crippen molar-refractivity contribution in [1.82, 2.24) is 0 Å². The number of nitrogens with zero attached hydrogens (tertiary/aromatic N) is 1. The molecular weight excluding hydrogens is 695 g/mol. The fraction of sp³-hybridized carbons (Fsp3) is 0.111. The number of anilines is 3. The maximum Gasteiger partial charge on any atom is 0.0556 e. The van der Waals surface area contributed by atoms with Crippen LogP contribution in [-0.2, 0) is 10.8 Å². The Morgan fingerprint density at radius 3 is 1.61 bits per heavy atom. The highest BCUT2D eigenvalue weighted by Crippen LogP contribution is 2.66. The van der Waals surface area contributed by atoms with Crippen LogP contribution < -0.4 is 4.90 Å². The SMILES string of the molecule is CC1(C)c2ccccc2-c2c(-c3ccc4sc5ccccc5c4c3)c3c(c(N(c4ccccc4)c4cccc(-c5ccccc5)c4)c21)C(C)(C)c1ccccc1-3. The number of hydrogen-bond acceptors (Lipinski definition) is 2. The Hall–Kier alpha value is -6.22. The third kappa shape index (κ3) is 4.66. The molecule has 0 radical (unpaired) electrons. The van der Waals surface area contributed by atoms with E-state index in [1.165, 1.54) is 92.6 Å². The van der Waals surface area contributed by atoms with Gasteiger partial charge in [-0.1, -0.05) is 161 Å². The summed E-state index contributed by atoms with van der Waals surface area (Å²) in [6, 6.07) is 65.5. The second kappa shape index (κ2) is 12.1. The molecule has 2 aliphatic rings. The van der Waals surface area contributed by atoms with Gasteiger partial charge in [0, 0.05) is 42.4 Å². The van der Waals surface area contributed by atoms with E-state index in [1.807, 2.05) is 11.3 Å². The minimum atomic E-state index is -0.293. The molecule has 0 fully saturated rings. The van der Waals surface area contributed by atoms with Gasteiger partial charge in [0.25, 0.3) is 0 Å². The van der Waals surface area contributed by atoms with Gasteiger partial charge in [0.15, 0.2) is 0 Å². The zero-order chi connectivity index (χ0) is 37.8. The van der Waals surface area contributed by atoms with Crippen molar-refractivity contribution < 1.29 is 0 Å². The molecule has 0 amide bonds. The van der Waals surface area contributed by atoms with Crippen molar-refractivity contribution >= 4 is 48.6 Å². The molecule has 268 valence electrons.